The van der Waals surface area contributed by atoms with Crippen LogP contribution in [0.5, 0.6) is 0 Å². The van der Waals surface area contributed by atoms with Crippen LogP contribution in [0.2, 0.25) is 5.02 Å². The number of rotatable bonds is 7. The normalized spacial score (nSPS) is 12.3. The first-order valence-electron chi connectivity index (χ1n) is 9.03. The van der Waals surface area contributed by atoms with Crippen LogP contribution < -0.4 is 0 Å². The molecule has 3 aromatic carbocycles. The molecule has 0 aliphatic heterocycles. The van der Waals surface area contributed by atoms with Gasteiger partial charge in [0.15, 0.2) is 15.6 Å². The average Bonchev–Trinajstić information content (AvgIpc) is 2.73. The van der Waals surface area contributed by atoms with Gasteiger partial charge in [0, 0.05) is 29.1 Å². The van der Waals surface area contributed by atoms with E-state index in [4.69, 9.17) is 11.6 Å². The molecule has 0 heterocycles. The predicted octanol–water partition coefficient (Wildman–Crippen LogP) is 5.34. The van der Waals surface area contributed by atoms with E-state index in [9.17, 15) is 23.3 Å². The highest BCUT2D eigenvalue weighted by Gasteiger charge is 2.33. The Kier molecular flexibility index (Phi) is 6.34. The van der Waals surface area contributed by atoms with Crippen molar-refractivity contribution in [3.63, 3.8) is 0 Å². The minimum atomic E-state index is -3.93. The lowest BCUT2D eigenvalue weighted by atomic mass is 10.0. The van der Waals surface area contributed by atoms with Gasteiger partial charge in [-0.25, -0.2) is 8.42 Å². The Balaban J connectivity index is 2.02. The van der Waals surface area contributed by atoms with Crippen molar-refractivity contribution in [2.45, 2.75) is 23.5 Å². The van der Waals surface area contributed by atoms with Crippen LogP contribution in [0.3, 0.4) is 0 Å². The van der Waals surface area contributed by atoms with Crippen molar-refractivity contribution in [1.82, 2.24) is 0 Å². The fourth-order valence-electron chi connectivity index (χ4n) is 3.07. The lowest BCUT2D eigenvalue weighted by molar-refractivity contribution is -0.384. The Bertz CT molecular complexity index is 1190. The quantitative estimate of drug-likeness (QED) is 0.279. The molecule has 30 heavy (non-hydrogen) atoms. The number of non-ortho nitro benzene ring substituents is 1. The molecule has 0 aromatic heterocycles. The van der Waals surface area contributed by atoms with Gasteiger partial charge in [0.25, 0.3) is 5.69 Å². The van der Waals surface area contributed by atoms with Gasteiger partial charge in [0.2, 0.25) is 0 Å². The Labute approximate surface area is 179 Å². The van der Waals surface area contributed by atoms with E-state index in [1.165, 1.54) is 36.4 Å². The molecule has 0 saturated carbocycles. The summed E-state index contributed by atoms with van der Waals surface area (Å²) in [6.45, 7) is 1.85. The van der Waals surface area contributed by atoms with E-state index in [1.54, 1.807) is 36.4 Å². The van der Waals surface area contributed by atoms with Crippen molar-refractivity contribution >= 4 is 32.9 Å². The second kappa shape index (κ2) is 8.77. The molecule has 0 N–H and O–H groups in total. The summed E-state index contributed by atoms with van der Waals surface area (Å²) in [5.74, 6) is -0.453. The highest BCUT2D eigenvalue weighted by molar-refractivity contribution is 7.91. The number of sulfone groups is 1. The third-order valence-corrected chi connectivity index (χ3v) is 7.19. The van der Waals surface area contributed by atoms with Gasteiger partial charge in [-0.1, -0.05) is 47.5 Å². The van der Waals surface area contributed by atoms with E-state index in [1.807, 2.05) is 6.92 Å². The first-order chi connectivity index (χ1) is 14.2. The highest BCUT2D eigenvalue weighted by Crippen LogP contribution is 2.36. The molecule has 6 nitrogen and oxygen atoms in total. The van der Waals surface area contributed by atoms with Crippen LogP contribution in [0.4, 0.5) is 5.69 Å². The Morgan fingerprint density at radius 1 is 1.00 bits per heavy atom. The summed E-state index contributed by atoms with van der Waals surface area (Å²) >= 11 is 6.27. The molecule has 0 amide bonds. The van der Waals surface area contributed by atoms with Gasteiger partial charge >= 0.3 is 0 Å². The summed E-state index contributed by atoms with van der Waals surface area (Å²) in [6, 6.07) is 18.0. The first-order valence-corrected chi connectivity index (χ1v) is 10.9. The van der Waals surface area contributed by atoms with Crippen LogP contribution >= 0.6 is 11.6 Å². The third kappa shape index (κ3) is 4.58. The van der Waals surface area contributed by atoms with Gasteiger partial charge in [0.05, 0.1) is 15.1 Å². The van der Waals surface area contributed by atoms with Crippen LogP contribution in [0.1, 0.15) is 33.2 Å². The molecule has 0 unspecified atom stereocenters. The fourth-order valence-corrected chi connectivity index (χ4v) is 5.16. The molecule has 3 aromatic rings. The molecule has 0 aliphatic rings. The monoisotopic (exact) mass is 443 g/mol. The smallest absolute Gasteiger partial charge is 0.269 e. The predicted molar refractivity (Wildman–Crippen MR) is 115 cm³/mol. The van der Waals surface area contributed by atoms with Gasteiger partial charge in [-0.3, -0.25) is 14.9 Å². The van der Waals surface area contributed by atoms with E-state index >= 15 is 0 Å². The molecule has 3 rings (SSSR count). The number of nitro benzene ring substituents is 1. The molecule has 1 atom stereocenters. The zero-order chi connectivity index (χ0) is 21.9. The van der Waals surface area contributed by atoms with Crippen LogP contribution in [0.15, 0.2) is 77.7 Å². The Morgan fingerprint density at radius 3 is 2.17 bits per heavy atom. The molecule has 0 aliphatic carbocycles. The van der Waals surface area contributed by atoms with Crippen molar-refractivity contribution < 1.29 is 18.1 Å². The summed E-state index contributed by atoms with van der Waals surface area (Å²) in [5, 5.41) is 9.87. The number of nitrogens with zero attached hydrogens (tertiary/aromatic N) is 1. The molecule has 0 fully saturated rings. The number of carbonyl (C=O) groups excluding carboxylic acids is 1. The van der Waals surface area contributed by atoms with E-state index in [0.717, 1.165) is 5.56 Å². The van der Waals surface area contributed by atoms with Crippen molar-refractivity contribution in [1.29, 1.82) is 0 Å². The van der Waals surface area contributed by atoms with E-state index in [2.05, 4.69) is 0 Å². The Hall–Kier alpha value is -3.03. The average molecular weight is 444 g/mol. The molecular weight excluding hydrogens is 426 g/mol. The number of ketones is 1. The molecule has 0 spiro atoms. The lowest BCUT2D eigenvalue weighted by Crippen LogP contribution is -2.18. The van der Waals surface area contributed by atoms with Crippen LogP contribution in [0.25, 0.3) is 0 Å². The first kappa shape index (κ1) is 21.7. The van der Waals surface area contributed by atoms with Crippen LogP contribution in [-0.2, 0) is 9.84 Å². The number of hydrogen-bond donors (Lipinski definition) is 0. The molecular formula is C22H18ClNO5S. The number of Topliss-reactive ketones (excluding diaryl/α,β-unsaturated/α-hetero) is 1. The van der Waals surface area contributed by atoms with Gasteiger partial charge in [-0.2, -0.15) is 0 Å². The van der Waals surface area contributed by atoms with E-state index in [-0.39, 0.29) is 27.6 Å². The number of nitro groups is 1. The number of halogens is 1. The summed E-state index contributed by atoms with van der Waals surface area (Å²) in [4.78, 5) is 23.2. The highest BCUT2D eigenvalue weighted by atomic mass is 35.5. The Morgan fingerprint density at radius 2 is 1.60 bits per heavy atom. The summed E-state index contributed by atoms with van der Waals surface area (Å²) in [7, 11) is -3.93. The largest absolute Gasteiger partial charge is 0.294 e. The maximum Gasteiger partial charge on any atom is 0.269 e. The number of hydrogen-bond acceptors (Lipinski definition) is 5. The number of benzene rings is 3. The van der Waals surface area contributed by atoms with Crippen molar-refractivity contribution in [2.24, 2.45) is 0 Å². The summed E-state index contributed by atoms with van der Waals surface area (Å²) in [6.07, 6.45) is -0.349. The number of carbonyl (C=O) groups is 1. The van der Waals surface area contributed by atoms with Crippen LogP contribution in [0, 0.1) is 17.0 Å². The van der Waals surface area contributed by atoms with Crippen molar-refractivity contribution in [3.05, 3.63) is 105 Å². The maximum absolute atomic E-state index is 13.4. The number of aryl methyl sites for hydroxylation is 1. The zero-order valence-electron chi connectivity index (χ0n) is 16.0. The topological polar surface area (TPSA) is 94.3 Å². The van der Waals surface area contributed by atoms with Crippen molar-refractivity contribution in [2.75, 3.05) is 0 Å². The summed E-state index contributed by atoms with van der Waals surface area (Å²) < 4.78 is 26.8. The third-order valence-electron chi connectivity index (χ3n) is 4.75. The fraction of sp³-hybridized carbons (Fsp3) is 0.136. The van der Waals surface area contributed by atoms with Gasteiger partial charge in [0.1, 0.15) is 0 Å². The SMILES string of the molecule is Cc1ccc(S(=O)(=O)[C@H](CC(=O)c2ccc([N+](=O)[O-])cc2)c2ccccc2Cl)cc1. The molecule has 8 heteroatoms. The maximum atomic E-state index is 13.4. The van der Waals surface area contributed by atoms with Crippen molar-refractivity contribution in [3.8, 4) is 0 Å². The minimum absolute atomic E-state index is 0.0921. The summed E-state index contributed by atoms with van der Waals surface area (Å²) in [5.41, 5.74) is 1.28. The van der Waals surface area contributed by atoms with E-state index < -0.39 is 25.8 Å². The molecule has 0 bridgehead atoms. The molecule has 0 radical (unpaired) electrons. The zero-order valence-corrected chi connectivity index (χ0v) is 17.6. The van der Waals surface area contributed by atoms with E-state index in [0.29, 0.717) is 5.56 Å². The lowest BCUT2D eigenvalue weighted by Gasteiger charge is -2.19. The van der Waals surface area contributed by atoms with Crippen LogP contribution in [-0.4, -0.2) is 19.1 Å². The molecule has 0 saturated heterocycles. The molecule has 154 valence electrons. The second-order valence-electron chi connectivity index (χ2n) is 6.80. The van der Waals surface area contributed by atoms with Gasteiger partial charge in [-0.15, -0.1) is 0 Å². The minimum Gasteiger partial charge on any atom is -0.294 e. The second-order valence-corrected chi connectivity index (χ2v) is 9.34. The standard InChI is InChI=1S/C22H18ClNO5S/c1-15-6-12-18(13-7-15)30(28,29)22(19-4-2-3-5-20(19)23)14-21(25)16-8-10-17(11-9-16)24(26)27/h2-13,22H,14H2,1H3/t22-/m1/s1. The van der Waals surface area contributed by atoms with Gasteiger partial charge < -0.3 is 0 Å². The van der Waals surface area contributed by atoms with Gasteiger partial charge in [-0.05, 0) is 42.8 Å².